The van der Waals surface area contributed by atoms with Crippen molar-refractivity contribution in [1.29, 1.82) is 0 Å². The maximum Gasteiger partial charge on any atom is 0.224 e. The van der Waals surface area contributed by atoms with Crippen molar-refractivity contribution in [3.05, 3.63) is 60.4 Å². The third-order valence-electron chi connectivity index (χ3n) is 3.29. The van der Waals surface area contributed by atoms with Crippen LogP contribution in [0.5, 0.6) is 11.6 Å². The first-order valence-electron chi connectivity index (χ1n) is 7.35. The summed E-state index contributed by atoms with van der Waals surface area (Å²) < 4.78 is 11.4. The second kappa shape index (κ2) is 6.89. The van der Waals surface area contributed by atoms with Crippen LogP contribution in [0.25, 0.3) is 10.9 Å². The number of aromatic nitrogens is 2. The van der Waals surface area contributed by atoms with E-state index >= 15 is 0 Å². The Hall–Kier alpha value is -2.62. The zero-order valence-electron chi connectivity index (χ0n) is 12.5. The first kappa shape index (κ1) is 14.3. The second-order valence-electron chi connectivity index (χ2n) is 5.06. The van der Waals surface area contributed by atoms with Crippen molar-refractivity contribution >= 4 is 10.9 Å². The molecule has 0 aliphatic carbocycles. The maximum absolute atomic E-state index is 5.75. The molecule has 0 radical (unpaired) electrons. The Kier molecular flexibility index (Phi) is 4.49. The molecule has 0 unspecified atom stereocenters. The summed E-state index contributed by atoms with van der Waals surface area (Å²) in [5.41, 5.74) is 2.09. The summed E-state index contributed by atoms with van der Waals surface area (Å²) in [4.78, 5) is 8.42. The number of para-hydroxylation sites is 1. The van der Waals surface area contributed by atoms with Gasteiger partial charge in [0.15, 0.2) is 0 Å². The van der Waals surface area contributed by atoms with E-state index in [2.05, 4.69) is 23.0 Å². The number of benzene rings is 2. The SMILES string of the molecule is Cc1cccc(OCCCOc2ncnc3ccccc23)c1. The molecule has 3 aromatic rings. The van der Waals surface area contributed by atoms with E-state index in [-0.39, 0.29) is 0 Å². The van der Waals surface area contributed by atoms with Crippen LogP contribution in [0.1, 0.15) is 12.0 Å². The molecule has 0 N–H and O–H groups in total. The van der Waals surface area contributed by atoms with E-state index in [1.807, 2.05) is 42.5 Å². The van der Waals surface area contributed by atoms with Crippen LogP contribution in [0.15, 0.2) is 54.9 Å². The van der Waals surface area contributed by atoms with Gasteiger partial charge >= 0.3 is 0 Å². The van der Waals surface area contributed by atoms with Crippen LogP contribution in [-0.4, -0.2) is 23.2 Å². The molecule has 0 atom stereocenters. The number of nitrogens with zero attached hydrogens (tertiary/aromatic N) is 2. The van der Waals surface area contributed by atoms with E-state index in [0.29, 0.717) is 19.1 Å². The van der Waals surface area contributed by atoms with E-state index in [0.717, 1.165) is 23.1 Å². The lowest BCUT2D eigenvalue weighted by Crippen LogP contribution is -2.06. The molecule has 0 bridgehead atoms. The summed E-state index contributed by atoms with van der Waals surface area (Å²) in [6.45, 7) is 3.23. The third-order valence-corrected chi connectivity index (χ3v) is 3.29. The fraction of sp³-hybridized carbons (Fsp3) is 0.222. The van der Waals surface area contributed by atoms with Crippen molar-refractivity contribution in [1.82, 2.24) is 9.97 Å². The van der Waals surface area contributed by atoms with Gasteiger partial charge in [-0.25, -0.2) is 9.97 Å². The van der Waals surface area contributed by atoms with E-state index < -0.39 is 0 Å². The van der Waals surface area contributed by atoms with Gasteiger partial charge in [0.2, 0.25) is 5.88 Å². The van der Waals surface area contributed by atoms with Gasteiger partial charge < -0.3 is 9.47 Å². The molecule has 0 spiro atoms. The van der Waals surface area contributed by atoms with Crippen molar-refractivity contribution in [2.75, 3.05) is 13.2 Å². The molecular formula is C18H18N2O2. The zero-order chi connectivity index (χ0) is 15.2. The highest BCUT2D eigenvalue weighted by Crippen LogP contribution is 2.20. The summed E-state index contributed by atoms with van der Waals surface area (Å²) >= 11 is 0. The molecule has 3 rings (SSSR count). The van der Waals surface area contributed by atoms with Crippen LogP contribution < -0.4 is 9.47 Å². The molecule has 1 aromatic heterocycles. The van der Waals surface area contributed by atoms with Crippen LogP contribution in [0.4, 0.5) is 0 Å². The van der Waals surface area contributed by atoms with Gasteiger partial charge in [-0.3, -0.25) is 0 Å². The molecule has 1 heterocycles. The van der Waals surface area contributed by atoms with Crippen molar-refractivity contribution in [3.63, 3.8) is 0 Å². The molecule has 112 valence electrons. The van der Waals surface area contributed by atoms with Crippen molar-refractivity contribution in [2.24, 2.45) is 0 Å². The van der Waals surface area contributed by atoms with Gasteiger partial charge in [0.25, 0.3) is 0 Å². The number of hydrogen-bond acceptors (Lipinski definition) is 4. The number of fused-ring (bicyclic) bond motifs is 1. The summed E-state index contributed by atoms with van der Waals surface area (Å²) in [7, 11) is 0. The van der Waals surface area contributed by atoms with E-state index in [4.69, 9.17) is 9.47 Å². The third kappa shape index (κ3) is 3.52. The Labute approximate surface area is 129 Å². The molecule has 0 aliphatic rings. The summed E-state index contributed by atoms with van der Waals surface area (Å²) in [5.74, 6) is 1.52. The standard InChI is InChI=1S/C18H18N2O2/c1-14-6-4-7-15(12-14)21-10-5-11-22-18-16-8-2-3-9-17(16)19-13-20-18/h2-4,6-9,12-13H,5,10-11H2,1H3. The number of hydrogen-bond donors (Lipinski definition) is 0. The predicted octanol–water partition coefficient (Wildman–Crippen LogP) is 3.79. The Morgan fingerprint density at radius 2 is 1.77 bits per heavy atom. The highest BCUT2D eigenvalue weighted by Gasteiger charge is 2.03. The quantitative estimate of drug-likeness (QED) is 0.649. The average molecular weight is 294 g/mol. The normalized spacial score (nSPS) is 10.6. The highest BCUT2D eigenvalue weighted by molar-refractivity contribution is 5.82. The minimum Gasteiger partial charge on any atom is -0.493 e. The molecule has 2 aromatic carbocycles. The topological polar surface area (TPSA) is 44.2 Å². The fourth-order valence-corrected chi connectivity index (χ4v) is 2.22. The monoisotopic (exact) mass is 294 g/mol. The minimum atomic E-state index is 0.562. The second-order valence-corrected chi connectivity index (χ2v) is 5.06. The van der Waals surface area contributed by atoms with E-state index in [9.17, 15) is 0 Å². The Morgan fingerprint density at radius 3 is 2.68 bits per heavy atom. The molecule has 0 saturated heterocycles. The molecule has 0 fully saturated rings. The Bertz CT molecular complexity index is 753. The predicted molar refractivity (Wildman–Crippen MR) is 86.3 cm³/mol. The molecule has 0 saturated carbocycles. The largest absolute Gasteiger partial charge is 0.493 e. The summed E-state index contributed by atoms with van der Waals surface area (Å²) in [6.07, 6.45) is 2.33. The van der Waals surface area contributed by atoms with Gasteiger partial charge in [0, 0.05) is 6.42 Å². The van der Waals surface area contributed by atoms with Crippen LogP contribution in [0, 0.1) is 6.92 Å². The lowest BCUT2D eigenvalue weighted by atomic mass is 10.2. The smallest absolute Gasteiger partial charge is 0.224 e. The van der Waals surface area contributed by atoms with Gasteiger partial charge in [-0.2, -0.15) is 0 Å². The van der Waals surface area contributed by atoms with Crippen LogP contribution in [0.2, 0.25) is 0 Å². The molecule has 4 heteroatoms. The van der Waals surface area contributed by atoms with Gasteiger partial charge in [0.1, 0.15) is 12.1 Å². The highest BCUT2D eigenvalue weighted by atomic mass is 16.5. The first-order valence-corrected chi connectivity index (χ1v) is 7.35. The molecule has 4 nitrogen and oxygen atoms in total. The number of aryl methyl sites for hydroxylation is 1. The van der Waals surface area contributed by atoms with Crippen LogP contribution >= 0.6 is 0 Å². The van der Waals surface area contributed by atoms with Gasteiger partial charge in [0.05, 0.1) is 24.1 Å². The van der Waals surface area contributed by atoms with Crippen LogP contribution in [0.3, 0.4) is 0 Å². The Balaban J connectivity index is 1.50. The zero-order valence-corrected chi connectivity index (χ0v) is 12.5. The minimum absolute atomic E-state index is 0.562. The number of rotatable bonds is 6. The number of ether oxygens (including phenoxy) is 2. The lowest BCUT2D eigenvalue weighted by molar-refractivity contribution is 0.244. The van der Waals surface area contributed by atoms with Gasteiger partial charge in [-0.05, 0) is 36.8 Å². The molecule has 0 aliphatic heterocycles. The first-order chi connectivity index (χ1) is 10.8. The van der Waals surface area contributed by atoms with Gasteiger partial charge in [-0.15, -0.1) is 0 Å². The molecular weight excluding hydrogens is 276 g/mol. The summed E-state index contributed by atoms with van der Waals surface area (Å²) in [5, 5.41) is 0.935. The van der Waals surface area contributed by atoms with E-state index in [1.165, 1.54) is 11.9 Å². The van der Waals surface area contributed by atoms with Crippen molar-refractivity contribution < 1.29 is 9.47 Å². The summed E-state index contributed by atoms with van der Waals surface area (Å²) in [6, 6.07) is 15.9. The maximum atomic E-state index is 5.75. The van der Waals surface area contributed by atoms with E-state index in [1.54, 1.807) is 0 Å². The Morgan fingerprint density at radius 1 is 0.909 bits per heavy atom. The molecule has 0 amide bonds. The van der Waals surface area contributed by atoms with Gasteiger partial charge in [-0.1, -0.05) is 24.3 Å². The van der Waals surface area contributed by atoms with Crippen molar-refractivity contribution in [3.8, 4) is 11.6 Å². The fourth-order valence-electron chi connectivity index (χ4n) is 2.22. The van der Waals surface area contributed by atoms with Crippen LogP contribution in [-0.2, 0) is 0 Å². The lowest BCUT2D eigenvalue weighted by Gasteiger charge is -2.09. The average Bonchev–Trinajstić information content (AvgIpc) is 2.55. The van der Waals surface area contributed by atoms with Crippen molar-refractivity contribution in [2.45, 2.75) is 13.3 Å². The molecule has 22 heavy (non-hydrogen) atoms.